The van der Waals surface area contributed by atoms with E-state index in [0.717, 1.165) is 23.3 Å². The Hall–Kier alpha value is -2.68. The van der Waals surface area contributed by atoms with E-state index in [1.807, 2.05) is 41.8 Å². The zero-order valence-electron chi connectivity index (χ0n) is 16.7. The molecule has 8 heteroatoms. The summed E-state index contributed by atoms with van der Waals surface area (Å²) in [5.74, 6) is -0.531. The smallest absolute Gasteiger partial charge is 0.408 e. The predicted molar refractivity (Wildman–Crippen MR) is 118 cm³/mol. The first kappa shape index (κ1) is 20.6. The van der Waals surface area contributed by atoms with Crippen LogP contribution < -0.4 is 10.5 Å². The van der Waals surface area contributed by atoms with Gasteiger partial charge in [0.1, 0.15) is 0 Å². The Balaban J connectivity index is 1.71. The molecule has 1 N–H and O–H groups in total. The average Bonchev–Trinajstić information content (AvgIpc) is 3.36. The van der Waals surface area contributed by atoms with Gasteiger partial charge in [0.2, 0.25) is 10.0 Å². The molecule has 2 heterocycles. The highest BCUT2D eigenvalue weighted by atomic mass is 32.2. The van der Waals surface area contributed by atoms with E-state index in [1.54, 1.807) is 13.1 Å². The molecule has 0 saturated carbocycles. The van der Waals surface area contributed by atoms with E-state index in [0.29, 0.717) is 5.52 Å². The molecule has 0 aliphatic carbocycles. The van der Waals surface area contributed by atoms with Gasteiger partial charge in [0, 0.05) is 18.0 Å². The largest absolute Gasteiger partial charge is 0.419 e. The van der Waals surface area contributed by atoms with E-state index in [9.17, 15) is 13.2 Å². The first-order chi connectivity index (χ1) is 14.4. The molecule has 0 aliphatic heterocycles. The Bertz CT molecular complexity index is 1320. The molecule has 0 saturated heterocycles. The van der Waals surface area contributed by atoms with Crippen LogP contribution in [-0.4, -0.2) is 13.0 Å². The summed E-state index contributed by atoms with van der Waals surface area (Å²) in [6.07, 6.45) is 2.04. The van der Waals surface area contributed by atoms with Gasteiger partial charge >= 0.3 is 5.76 Å². The van der Waals surface area contributed by atoms with E-state index in [-0.39, 0.29) is 10.5 Å². The maximum Gasteiger partial charge on any atom is 0.419 e. The quantitative estimate of drug-likeness (QED) is 0.465. The molecule has 0 fully saturated rings. The standard InChI is InChI=1S/C22H22N2O4S2/c1-3-5-15-7-9-16(10-8-15)21(20-6-4-13-29-20)23-30(26,27)17-11-12-18-19(14-17)28-22(25)24(18)2/h4,6-14,21,23H,3,5H2,1-2H3. The first-order valence-electron chi connectivity index (χ1n) is 9.63. The summed E-state index contributed by atoms with van der Waals surface area (Å²) in [5, 5.41) is 1.92. The van der Waals surface area contributed by atoms with Gasteiger partial charge in [-0.2, -0.15) is 4.72 Å². The number of thiophene rings is 1. The normalized spacial score (nSPS) is 13.0. The van der Waals surface area contributed by atoms with Crippen LogP contribution in [0.2, 0.25) is 0 Å². The zero-order chi connectivity index (χ0) is 21.3. The minimum absolute atomic E-state index is 0.0495. The second kappa shape index (κ2) is 8.22. The number of nitrogens with one attached hydrogen (secondary N) is 1. The fraction of sp³-hybridized carbons (Fsp3) is 0.227. The Kier molecular flexibility index (Phi) is 5.64. The van der Waals surface area contributed by atoms with Crippen LogP contribution in [0.1, 0.15) is 35.4 Å². The summed E-state index contributed by atoms with van der Waals surface area (Å²) in [6.45, 7) is 2.13. The van der Waals surface area contributed by atoms with Crippen molar-refractivity contribution < 1.29 is 12.8 Å². The molecular formula is C22H22N2O4S2. The molecule has 0 amide bonds. The van der Waals surface area contributed by atoms with E-state index < -0.39 is 21.8 Å². The van der Waals surface area contributed by atoms with Crippen molar-refractivity contribution in [2.24, 2.45) is 7.05 Å². The third-order valence-electron chi connectivity index (χ3n) is 5.03. The number of hydrogen-bond donors (Lipinski definition) is 1. The highest BCUT2D eigenvalue weighted by molar-refractivity contribution is 7.89. The molecule has 6 nitrogen and oxygen atoms in total. The average molecular weight is 443 g/mol. The highest BCUT2D eigenvalue weighted by Gasteiger charge is 2.24. The third kappa shape index (κ3) is 3.98. The second-order valence-electron chi connectivity index (χ2n) is 7.12. The molecule has 1 unspecified atom stereocenters. The molecule has 1 atom stereocenters. The van der Waals surface area contributed by atoms with Gasteiger partial charge < -0.3 is 4.42 Å². The summed E-state index contributed by atoms with van der Waals surface area (Å²) >= 11 is 1.49. The number of hydrogen-bond acceptors (Lipinski definition) is 5. The number of oxazole rings is 1. The molecule has 0 radical (unpaired) electrons. The van der Waals surface area contributed by atoms with Crippen molar-refractivity contribution in [1.29, 1.82) is 0 Å². The number of sulfonamides is 1. The van der Waals surface area contributed by atoms with Gasteiger partial charge in [0.15, 0.2) is 5.58 Å². The van der Waals surface area contributed by atoms with Crippen molar-refractivity contribution in [3.8, 4) is 0 Å². The Morgan fingerprint density at radius 2 is 1.90 bits per heavy atom. The number of aryl methyl sites for hydroxylation is 2. The summed E-state index contributed by atoms with van der Waals surface area (Å²) in [4.78, 5) is 12.7. The van der Waals surface area contributed by atoms with Gasteiger partial charge in [0.25, 0.3) is 0 Å². The maximum absolute atomic E-state index is 13.2. The number of benzene rings is 2. The molecular weight excluding hydrogens is 420 g/mol. The van der Waals surface area contributed by atoms with E-state index in [2.05, 4.69) is 11.6 Å². The molecule has 0 spiro atoms. The lowest BCUT2D eigenvalue weighted by atomic mass is 10.0. The van der Waals surface area contributed by atoms with Crippen molar-refractivity contribution in [1.82, 2.24) is 9.29 Å². The lowest BCUT2D eigenvalue weighted by molar-refractivity contribution is 0.527. The molecule has 2 aromatic carbocycles. The van der Waals surface area contributed by atoms with Crippen LogP contribution in [0.4, 0.5) is 0 Å². The van der Waals surface area contributed by atoms with Crippen molar-refractivity contribution >= 4 is 32.5 Å². The van der Waals surface area contributed by atoms with Crippen LogP contribution in [0.3, 0.4) is 0 Å². The minimum Gasteiger partial charge on any atom is -0.408 e. The van der Waals surface area contributed by atoms with E-state index in [1.165, 1.54) is 33.6 Å². The van der Waals surface area contributed by atoms with Crippen LogP contribution in [0, 0.1) is 0 Å². The Morgan fingerprint density at radius 1 is 1.13 bits per heavy atom. The lowest BCUT2D eigenvalue weighted by Crippen LogP contribution is -2.29. The van der Waals surface area contributed by atoms with Crippen molar-refractivity contribution in [2.45, 2.75) is 30.7 Å². The van der Waals surface area contributed by atoms with Crippen molar-refractivity contribution in [3.63, 3.8) is 0 Å². The molecule has 0 aliphatic rings. The van der Waals surface area contributed by atoms with Crippen LogP contribution >= 0.6 is 11.3 Å². The topological polar surface area (TPSA) is 81.3 Å². The molecule has 0 bridgehead atoms. The molecule has 2 aromatic heterocycles. The zero-order valence-corrected chi connectivity index (χ0v) is 18.3. The number of aromatic nitrogens is 1. The monoisotopic (exact) mass is 442 g/mol. The van der Waals surface area contributed by atoms with Gasteiger partial charge in [-0.3, -0.25) is 4.57 Å². The molecule has 4 rings (SSSR count). The van der Waals surface area contributed by atoms with Gasteiger partial charge in [-0.15, -0.1) is 11.3 Å². The molecule has 156 valence electrons. The lowest BCUT2D eigenvalue weighted by Gasteiger charge is -2.19. The van der Waals surface area contributed by atoms with Crippen LogP contribution in [0.5, 0.6) is 0 Å². The summed E-state index contributed by atoms with van der Waals surface area (Å²) in [6, 6.07) is 15.8. The maximum atomic E-state index is 13.2. The van der Waals surface area contributed by atoms with E-state index >= 15 is 0 Å². The molecule has 30 heavy (non-hydrogen) atoms. The SMILES string of the molecule is CCCc1ccc(C(NS(=O)(=O)c2ccc3c(c2)oc(=O)n3C)c2cccs2)cc1. The summed E-state index contributed by atoms with van der Waals surface area (Å²) in [7, 11) is -2.28. The van der Waals surface area contributed by atoms with Gasteiger partial charge in [-0.05, 0) is 41.1 Å². The van der Waals surface area contributed by atoms with Gasteiger partial charge in [-0.25, -0.2) is 13.2 Å². The van der Waals surface area contributed by atoms with E-state index in [4.69, 9.17) is 4.42 Å². The fourth-order valence-corrected chi connectivity index (χ4v) is 5.51. The van der Waals surface area contributed by atoms with Crippen LogP contribution in [0.15, 0.2) is 74.1 Å². The van der Waals surface area contributed by atoms with Crippen LogP contribution in [0.25, 0.3) is 11.1 Å². The molecule has 4 aromatic rings. The van der Waals surface area contributed by atoms with Gasteiger partial charge in [-0.1, -0.05) is 43.7 Å². The third-order valence-corrected chi connectivity index (χ3v) is 7.38. The fourth-order valence-electron chi connectivity index (χ4n) is 3.42. The van der Waals surface area contributed by atoms with Gasteiger partial charge in [0.05, 0.1) is 16.5 Å². The summed E-state index contributed by atoms with van der Waals surface area (Å²) in [5.41, 5.74) is 2.87. The van der Waals surface area contributed by atoms with Crippen molar-refractivity contribution in [3.05, 3.63) is 86.5 Å². The number of nitrogens with zero attached hydrogens (tertiary/aromatic N) is 1. The number of rotatable bonds is 7. The van der Waals surface area contributed by atoms with Crippen molar-refractivity contribution in [2.75, 3.05) is 0 Å². The first-order valence-corrected chi connectivity index (χ1v) is 12.0. The minimum atomic E-state index is -3.86. The number of fused-ring (bicyclic) bond motifs is 1. The second-order valence-corrected chi connectivity index (χ2v) is 9.81. The highest BCUT2D eigenvalue weighted by Crippen LogP contribution is 2.29. The summed E-state index contributed by atoms with van der Waals surface area (Å²) < 4.78 is 35.7. The van der Waals surface area contributed by atoms with Crippen LogP contribution in [-0.2, 0) is 23.5 Å². The Morgan fingerprint density at radius 3 is 2.57 bits per heavy atom. The Labute approximate surface area is 178 Å². The predicted octanol–water partition coefficient (Wildman–Crippen LogP) is 4.21.